The minimum atomic E-state index is -0.774. The van der Waals surface area contributed by atoms with Gasteiger partial charge in [-0.3, -0.25) is 4.79 Å². The quantitative estimate of drug-likeness (QED) is 0.496. The van der Waals surface area contributed by atoms with Crippen LogP contribution >= 0.6 is 0 Å². The number of esters is 1. The third kappa shape index (κ3) is 3.71. The van der Waals surface area contributed by atoms with Crippen molar-refractivity contribution < 1.29 is 9.53 Å². The summed E-state index contributed by atoms with van der Waals surface area (Å²) in [5.41, 5.74) is 9.16. The molecule has 0 spiro atoms. The van der Waals surface area contributed by atoms with Gasteiger partial charge in [-0.15, -0.1) is 0 Å². The third-order valence-corrected chi connectivity index (χ3v) is 5.34. The Bertz CT molecular complexity index is 1310. The molecule has 0 amide bonds. The fourth-order valence-electron chi connectivity index (χ4n) is 3.76. The van der Waals surface area contributed by atoms with Gasteiger partial charge < -0.3 is 15.0 Å². The van der Waals surface area contributed by atoms with Gasteiger partial charge in [0.2, 0.25) is 0 Å². The second-order valence-corrected chi connectivity index (χ2v) is 7.24. The van der Waals surface area contributed by atoms with E-state index in [9.17, 15) is 15.3 Å². The van der Waals surface area contributed by atoms with Crippen LogP contribution in [0.25, 0.3) is 17.0 Å². The van der Waals surface area contributed by atoms with E-state index in [1.165, 1.54) is 7.11 Å². The van der Waals surface area contributed by atoms with Crippen LogP contribution in [-0.2, 0) is 16.1 Å². The highest BCUT2D eigenvalue weighted by atomic mass is 16.5. The molecule has 4 rings (SSSR count). The Labute approximate surface area is 185 Å². The fraction of sp³-hybridized carbons (Fsp3) is 0.167. The standard InChI is InChI=1S/C24H20N6O2/c1-32-22(31)15-29-14-17(19-9-5-6-10-21(19)29)11-16(12-25)23-20(13-26)24(27)30(28-23)18-7-3-2-4-8-18/h2-11,14,20,24H,15,27H2,1H3/b16-11-/t20-,24+/m0/s1. The minimum Gasteiger partial charge on any atom is -0.468 e. The molecule has 2 aromatic carbocycles. The van der Waals surface area contributed by atoms with Crippen molar-refractivity contribution >= 4 is 34.3 Å². The van der Waals surface area contributed by atoms with Crippen molar-refractivity contribution in [1.29, 1.82) is 10.5 Å². The Morgan fingerprint density at radius 2 is 1.91 bits per heavy atom. The normalized spacial score (nSPS) is 18.2. The van der Waals surface area contributed by atoms with Crippen molar-refractivity contribution in [2.75, 3.05) is 12.1 Å². The van der Waals surface area contributed by atoms with Crippen LogP contribution in [0.2, 0.25) is 0 Å². The van der Waals surface area contributed by atoms with Crippen molar-refractivity contribution in [2.45, 2.75) is 12.7 Å². The molecule has 32 heavy (non-hydrogen) atoms. The smallest absolute Gasteiger partial charge is 0.325 e. The van der Waals surface area contributed by atoms with Gasteiger partial charge in [-0.25, -0.2) is 5.01 Å². The van der Waals surface area contributed by atoms with Crippen molar-refractivity contribution in [3.63, 3.8) is 0 Å². The number of aromatic nitrogens is 1. The van der Waals surface area contributed by atoms with Crippen LogP contribution in [0.1, 0.15) is 5.56 Å². The number of methoxy groups -OCH3 is 1. The number of nitrogens with two attached hydrogens (primary N) is 1. The average Bonchev–Trinajstić information content (AvgIpc) is 3.35. The summed E-state index contributed by atoms with van der Waals surface area (Å²) >= 11 is 0. The molecule has 2 heterocycles. The first kappa shape index (κ1) is 20.9. The zero-order chi connectivity index (χ0) is 22.7. The van der Waals surface area contributed by atoms with Crippen molar-refractivity contribution in [3.05, 3.63) is 71.9 Å². The molecule has 2 N–H and O–H groups in total. The van der Waals surface area contributed by atoms with E-state index in [1.54, 1.807) is 21.8 Å². The number of benzene rings is 2. The molecule has 2 atom stereocenters. The number of rotatable bonds is 5. The van der Waals surface area contributed by atoms with E-state index in [2.05, 4.69) is 17.2 Å². The van der Waals surface area contributed by atoms with E-state index in [1.807, 2.05) is 54.6 Å². The van der Waals surface area contributed by atoms with Gasteiger partial charge in [0.15, 0.2) is 0 Å². The SMILES string of the molecule is COC(=O)Cn1cc(/C=C(/C#N)C2=NN(c3ccccc3)[C@@H](N)[C@H]2C#N)c2ccccc21. The molecule has 1 aromatic heterocycles. The molecule has 0 radical (unpaired) electrons. The number of anilines is 1. The first-order valence-electron chi connectivity index (χ1n) is 9.92. The molecule has 0 aliphatic carbocycles. The summed E-state index contributed by atoms with van der Waals surface area (Å²) in [6.07, 6.45) is 2.75. The van der Waals surface area contributed by atoms with Gasteiger partial charge in [-0.1, -0.05) is 36.4 Å². The maximum atomic E-state index is 11.8. The zero-order valence-corrected chi connectivity index (χ0v) is 17.3. The van der Waals surface area contributed by atoms with Crippen molar-refractivity contribution in [2.24, 2.45) is 16.8 Å². The lowest BCUT2D eigenvalue weighted by Gasteiger charge is -2.21. The first-order chi connectivity index (χ1) is 15.6. The molecule has 0 saturated carbocycles. The van der Waals surface area contributed by atoms with E-state index >= 15 is 0 Å². The lowest BCUT2D eigenvalue weighted by atomic mass is 9.95. The highest BCUT2D eigenvalue weighted by Crippen LogP contribution is 2.30. The Balaban J connectivity index is 1.79. The maximum absolute atomic E-state index is 11.8. The van der Waals surface area contributed by atoms with Crippen LogP contribution < -0.4 is 10.7 Å². The lowest BCUT2D eigenvalue weighted by molar-refractivity contribution is -0.141. The van der Waals surface area contributed by atoms with E-state index in [-0.39, 0.29) is 18.1 Å². The van der Waals surface area contributed by atoms with E-state index < -0.39 is 12.1 Å². The summed E-state index contributed by atoms with van der Waals surface area (Å²) in [5, 5.41) is 26.6. The number of carbonyl (C=O) groups excluding carboxylic acids is 1. The summed E-state index contributed by atoms with van der Waals surface area (Å²) in [6.45, 7) is 0.0428. The van der Waals surface area contributed by atoms with Gasteiger partial charge in [-0.2, -0.15) is 15.6 Å². The summed E-state index contributed by atoms with van der Waals surface area (Å²) in [4.78, 5) is 11.8. The molecular weight excluding hydrogens is 404 g/mol. The molecule has 8 nitrogen and oxygen atoms in total. The van der Waals surface area contributed by atoms with Gasteiger partial charge >= 0.3 is 5.97 Å². The van der Waals surface area contributed by atoms with Crippen LogP contribution in [0.3, 0.4) is 0 Å². The van der Waals surface area contributed by atoms with Gasteiger partial charge in [-0.05, 0) is 24.3 Å². The number of allylic oxidation sites excluding steroid dienone is 1. The number of carbonyl (C=O) groups is 1. The molecule has 8 heteroatoms. The largest absolute Gasteiger partial charge is 0.468 e. The number of fused-ring (bicyclic) bond motifs is 1. The molecule has 0 unspecified atom stereocenters. The Morgan fingerprint density at radius 1 is 1.19 bits per heavy atom. The topological polar surface area (TPSA) is 120 Å². The highest BCUT2D eigenvalue weighted by Gasteiger charge is 2.37. The van der Waals surface area contributed by atoms with Crippen LogP contribution in [0.4, 0.5) is 5.69 Å². The monoisotopic (exact) mass is 424 g/mol. The van der Waals surface area contributed by atoms with Gasteiger partial charge in [0, 0.05) is 22.7 Å². The Hall–Kier alpha value is -4.40. The van der Waals surface area contributed by atoms with Crippen LogP contribution in [0.5, 0.6) is 0 Å². The van der Waals surface area contributed by atoms with Crippen molar-refractivity contribution in [1.82, 2.24) is 4.57 Å². The van der Waals surface area contributed by atoms with Crippen LogP contribution in [-0.4, -0.2) is 29.5 Å². The molecule has 158 valence electrons. The predicted molar refractivity (Wildman–Crippen MR) is 121 cm³/mol. The van der Waals surface area contributed by atoms with E-state index in [0.29, 0.717) is 5.71 Å². The molecular formula is C24H20N6O2. The van der Waals surface area contributed by atoms with Gasteiger partial charge in [0.1, 0.15) is 24.7 Å². The summed E-state index contributed by atoms with van der Waals surface area (Å²) < 4.78 is 6.55. The minimum absolute atomic E-state index is 0.0428. The Kier molecular flexibility index (Phi) is 5.71. The molecule has 0 bridgehead atoms. The predicted octanol–water partition coefficient (Wildman–Crippen LogP) is 3.02. The number of para-hydroxylation sites is 2. The van der Waals surface area contributed by atoms with E-state index in [4.69, 9.17) is 10.5 Å². The highest BCUT2D eigenvalue weighted by molar-refractivity contribution is 6.12. The fourth-order valence-corrected chi connectivity index (χ4v) is 3.76. The summed E-state index contributed by atoms with van der Waals surface area (Å²) in [5.74, 6) is -1.15. The second-order valence-electron chi connectivity index (χ2n) is 7.24. The number of hydrogen-bond acceptors (Lipinski definition) is 7. The number of nitriles is 2. The average molecular weight is 424 g/mol. The summed E-state index contributed by atoms with van der Waals surface area (Å²) in [6, 6.07) is 21.2. The third-order valence-electron chi connectivity index (χ3n) is 5.34. The molecule has 1 aliphatic rings. The van der Waals surface area contributed by atoms with Crippen LogP contribution in [0.15, 0.2) is 71.5 Å². The number of ether oxygens (including phenoxy) is 1. The number of nitrogens with zero attached hydrogens (tertiary/aromatic N) is 5. The molecule has 3 aromatic rings. The summed E-state index contributed by atoms with van der Waals surface area (Å²) in [7, 11) is 1.34. The molecule has 0 fully saturated rings. The number of hydrazone groups is 1. The van der Waals surface area contributed by atoms with E-state index in [0.717, 1.165) is 22.2 Å². The van der Waals surface area contributed by atoms with Crippen LogP contribution in [0, 0.1) is 28.6 Å². The number of hydrogen-bond donors (Lipinski definition) is 1. The lowest BCUT2D eigenvalue weighted by Crippen LogP contribution is -2.40. The second kappa shape index (κ2) is 8.76. The molecule has 1 aliphatic heterocycles. The maximum Gasteiger partial charge on any atom is 0.325 e. The van der Waals surface area contributed by atoms with Gasteiger partial charge in [0.25, 0.3) is 0 Å². The van der Waals surface area contributed by atoms with Crippen molar-refractivity contribution in [3.8, 4) is 12.1 Å². The first-order valence-corrected chi connectivity index (χ1v) is 9.92. The zero-order valence-electron chi connectivity index (χ0n) is 17.3. The molecule has 0 saturated heterocycles. The Morgan fingerprint density at radius 3 is 2.59 bits per heavy atom. The van der Waals surface area contributed by atoms with Gasteiger partial charge in [0.05, 0.1) is 30.2 Å².